The van der Waals surface area contributed by atoms with E-state index in [-0.39, 0.29) is 12.6 Å². The average molecular weight is 281 g/mol. The fourth-order valence-electron chi connectivity index (χ4n) is 2.64. The van der Waals surface area contributed by atoms with Crippen molar-refractivity contribution in [2.24, 2.45) is 0 Å². The van der Waals surface area contributed by atoms with Gasteiger partial charge in [-0.2, -0.15) is 0 Å². The molecule has 0 radical (unpaired) electrons. The molecule has 1 aromatic heterocycles. The van der Waals surface area contributed by atoms with Crippen LogP contribution in [0.15, 0.2) is 59.0 Å². The number of aryl methyl sites for hydroxylation is 1. The zero-order valence-corrected chi connectivity index (χ0v) is 12.0. The van der Waals surface area contributed by atoms with Gasteiger partial charge in [0.05, 0.1) is 12.6 Å². The SMILES string of the molecule is Cc1oc2ccccc2c1CN[C@@H](CO)c1ccccc1. The smallest absolute Gasteiger partial charge is 0.134 e. The van der Waals surface area contributed by atoms with Gasteiger partial charge in [-0.3, -0.25) is 0 Å². The van der Waals surface area contributed by atoms with Crippen molar-refractivity contribution in [3.63, 3.8) is 0 Å². The minimum atomic E-state index is -0.0701. The summed E-state index contributed by atoms with van der Waals surface area (Å²) in [6.45, 7) is 2.72. The van der Waals surface area contributed by atoms with E-state index in [1.54, 1.807) is 0 Å². The molecule has 0 bridgehead atoms. The number of hydrogen-bond donors (Lipinski definition) is 2. The number of benzene rings is 2. The number of aliphatic hydroxyl groups excluding tert-OH is 1. The van der Waals surface area contributed by atoms with Crippen LogP contribution < -0.4 is 5.32 Å². The van der Waals surface area contributed by atoms with E-state index >= 15 is 0 Å². The first-order valence-electron chi connectivity index (χ1n) is 7.16. The van der Waals surface area contributed by atoms with Gasteiger partial charge >= 0.3 is 0 Å². The highest BCUT2D eigenvalue weighted by atomic mass is 16.3. The van der Waals surface area contributed by atoms with Gasteiger partial charge in [0, 0.05) is 17.5 Å². The van der Waals surface area contributed by atoms with Gasteiger partial charge in [0.2, 0.25) is 0 Å². The van der Waals surface area contributed by atoms with Crippen molar-refractivity contribution in [2.45, 2.75) is 19.5 Å². The summed E-state index contributed by atoms with van der Waals surface area (Å²) in [6, 6.07) is 18.0. The van der Waals surface area contributed by atoms with E-state index in [0.717, 1.165) is 27.9 Å². The Balaban J connectivity index is 1.81. The van der Waals surface area contributed by atoms with Crippen molar-refractivity contribution >= 4 is 11.0 Å². The minimum Gasteiger partial charge on any atom is -0.461 e. The molecule has 21 heavy (non-hydrogen) atoms. The minimum absolute atomic E-state index is 0.0683. The lowest BCUT2D eigenvalue weighted by Crippen LogP contribution is -2.24. The van der Waals surface area contributed by atoms with E-state index in [9.17, 15) is 5.11 Å². The average Bonchev–Trinajstić information content (AvgIpc) is 2.85. The molecule has 0 amide bonds. The molecule has 3 rings (SSSR count). The fourth-order valence-corrected chi connectivity index (χ4v) is 2.64. The van der Waals surface area contributed by atoms with Crippen molar-refractivity contribution in [2.75, 3.05) is 6.61 Å². The quantitative estimate of drug-likeness (QED) is 0.751. The number of fused-ring (bicyclic) bond motifs is 1. The van der Waals surface area contributed by atoms with E-state index in [1.807, 2.05) is 55.5 Å². The second-order valence-electron chi connectivity index (χ2n) is 5.16. The van der Waals surface area contributed by atoms with Crippen LogP contribution in [0.4, 0.5) is 0 Å². The van der Waals surface area contributed by atoms with Crippen LogP contribution in [0.3, 0.4) is 0 Å². The molecule has 0 saturated carbocycles. The Bertz CT molecular complexity index is 718. The van der Waals surface area contributed by atoms with Crippen LogP contribution in [-0.2, 0) is 6.54 Å². The Kier molecular flexibility index (Phi) is 4.04. The summed E-state index contributed by atoms with van der Waals surface area (Å²) in [5, 5.41) is 14.1. The maximum Gasteiger partial charge on any atom is 0.134 e. The Hall–Kier alpha value is -2.10. The summed E-state index contributed by atoms with van der Waals surface area (Å²) in [4.78, 5) is 0. The number of nitrogens with one attached hydrogen (secondary N) is 1. The third kappa shape index (κ3) is 2.84. The molecule has 0 saturated heterocycles. The fraction of sp³-hybridized carbons (Fsp3) is 0.222. The van der Waals surface area contributed by atoms with Crippen molar-refractivity contribution in [3.8, 4) is 0 Å². The highest BCUT2D eigenvalue weighted by Gasteiger charge is 2.14. The van der Waals surface area contributed by atoms with Gasteiger partial charge in [-0.15, -0.1) is 0 Å². The van der Waals surface area contributed by atoms with Crippen LogP contribution >= 0.6 is 0 Å². The largest absolute Gasteiger partial charge is 0.461 e. The first kappa shape index (κ1) is 13.9. The number of hydrogen-bond acceptors (Lipinski definition) is 3. The summed E-state index contributed by atoms with van der Waals surface area (Å²) in [5.41, 5.74) is 3.15. The van der Waals surface area contributed by atoms with Crippen LogP contribution in [0.5, 0.6) is 0 Å². The predicted molar refractivity (Wildman–Crippen MR) is 84.1 cm³/mol. The Morgan fingerprint density at radius 3 is 2.52 bits per heavy atom. The van der Waals surface area contributed by atoms with Crippen LogP contribution in [0.1, 0.15) is 22.9 Å². The molecule has 0 aliphatic carbocycles. The highest BCUT2D eigenvalue weighted by molar-refractivity contribution is 5.82. The summed E-state index contributed by atoms with van der Waals surface area (Å²) in [6.07, 6.45) is 0. The van der Waals surface area contributed by atoms with Gasteiger partial charge in [-0.1, -0.05) is 48.5 Å². The third-order valence-electron chi connectivity index (χ3n) is 3.81. The number of para-hydroxylation sites is 1. The molecule has 0 aliphatic rings. The third-order valence-corrected chi connectivity index (χ3v) is 3.81. The normalized spacial score (nSPS) is 12.7. The summed E-state index contributed by atoms with van der Waals surface area (Å²) in [7, 11) is 0. The van der Waals surface area contributed by atoms with E-state index in [0.29, 0.717) is 6.54 Å². The topological polar surface area (TPSA) is 45.4 Å². The zero-order chi connectivity index (χ0) is 14.7. The molecule has 1 atom stereocenters. The standard InChI is InChI=1S/C18H19NO2/c1-13-16(15-9-5-6-10-18(15)21-13)11-19-17(12-20)14-7-3-2-4-8-14/h2-10,17,19-20H,11-12H2,1H3/t17-/m0/s1. The molecule has 0 fully saturated rings. The summed E-state index contributed by atoms with van der Waals surface area (Å²) < 4.78 is 5.77. The predicted octanol–water partition coefficient (Wildman–Crippen LogP) is 3.56. The maximum atomic E-state index is 9.60. The van der Waals surface area contributed by atoms with Crippen molar-refractivity contribution < 1.29 is 9.52 Å². The molecule has 3 aromatic rings. The zero-order valence-electron chi connectivity index (χ0n) is 12.0. The Morgan fingerprint density at radius 2 is 1.76 bits per heavy atom. The summed E-state index contributed by atoms with van der Waals surface area (Å²) >= 11 is 0. The second-order valence-corrected chi connectivity index (χ2v) is 5.16. The molecule has 108 valence electrons. The molecular formula is C18H19NO2. The lowest BCUT2D eigenvalue weighted by Gasteiger charge is -2.16. The number of rotatable bonds is 5. The Labute approximate surface area is 124 Å². The monoisotopic (exact) mass is 281 g/mol. The Morgan fingerprint density at radius 1 is 1.05 bits per heavy atom. The molecule has 3 nitrogen and oxygen atoms in total. The lowest BCUT2D eigenvalue weighted by atomic mass is 10.1. The molecule has 2 aromatic carbocycles. The number of furan rings is 1. The second kappa shape index (κ2) is 6.12. The maximum absolute atomic E-state index is 9.60. The van der Waals surface area contributed by atoms with Crippen LogP contribution in [-0.4, -0.2) is 11.7 Å². The lowest BCUT2D eigenvalue weighted by molar-refractivity contribution is 0.243. The summed E-state index contributed by atoms with van der Waals surface area (Å²) in [5.74, 6) is 0.924. The van der Waals surface area contributed by atoms with Crippen molar-refractivity contribution in [3.05, 3.63) is 71.5 Å². The molecule has 3 heteroatoms. The van der Waals surface area contributed by atoms with E-state index in [4.69, 9.17) is 4.42 Å². The van der Waals surface area contributed by atoms with Gasteiger partial charge in [0.25, 0.3) is 0 Å². The van der Waals surface area contributed by atoms with Crippen molar-refractivity contribution in [1.82, 2.24) is 5.32 Å². The highest BCUT2D eigenvalue weighted by Crippen LogP contribution is 2.25. The molecular weight excluding hydrogens is 262 g/mol. The first-order valence-corrected chi connectivity index (χ1v) is 7.16. The molecule has 0 unspecified atom stereocenters. The first-order chi connectivity index (χ1) is 10.3. The number of aliphatic hydroxyl groups is 1. The molecule has 1 heterocycles. The van der Waals surface area contributed by atoms with Gasteiger partial charge < -0.3 is 14.8 Å². The molecule has 0 aliphatic heterocycles. The van der Waals surface area contributed by atoms with E-state index in [2.05, 4.69) is 11.4 Å². The van der Waals surface area contributed by atoms with Crippen LogP contribution in [0, 0.1) is 6.92 Å². The van der Waals surface area contributed by atoms with Gasteiger partial charge in [-0.05, 0) is 18.6 Å². The van der Waals surface area contributed by atoms with Crippen LogP contribution in [0.2, 0.25) is 0 Å². The van der Waals surface area contributed by atoms with E-state index in [1.165, 1.54) is 0 Å². The van der Waals surface area contributed by atoms with E-state index < -0.39 is 0 Å². The van der Waals surface area contributed by atoms with Crippen molar-refractivity contribution in [1.29, 1.82) is 0 Å². The van der Waals surface area contributed by atoms with Gasteiger partial charge in [0.15, 0.2) is 0 Å². The van der Waals surface area contributed by atoms with Gasteiger partial charge in [0.1, 0.15) is 11.3 Å². The van der Waals surface area contributed by atoms with Crippen LogP contribution in [0.25, 0.3) is 11.0 Å². The molecule has 2 N–H and O–H groups in total. The molecule has 0 spiro atoms. The van der Waals surface area contributed by atoms with Gasteiger partial charge in [-0.25, -0.2) is 0 Å².